The van der Waals surface area contributed by atoms with Crippen LogP contribution in [0.4, 0.5) is 0 Å². The van der Waals surface area contributed by atoms with Gasteiger partial charge >= 0.3 is 5.97 Å². The molecule has 6 nitrogen and oxygen atoms in total. The van der Waals surface area contributed by atoms with E-state index in [2.05, 4.69) is 53.6 Å². The number of thiol groups is 1. The number of aromatic nitrogens is 3. The first-order valence-corrected chi connectivity index (χ1v) is 11.9. The molecule has 0 aliphatic carbocycles. The molecule has 4 rings (SSSR count). The summed E-state index contributed by atoms with van der Waals surface area (Å²) in [4.78, 5) is 17.3. The van der Waals surface area contributed by atoms with Crippen molar-refractivity contribution in [1.82, 2.24) is 14.6 Å². The Morgan fingerprint density at radius 3 is 2.69 bits per heavy atom. The van der Waals surface area contributed by atoms with E-state index < -0.39 is 0 Å². The molecule has 2 aromatic carbocycles. The summed E-state index contributed by atoms with van der Waals surface area (Å²) < 4.78 is 13.0. The van der Waals surface area contributed by atoms with Crippen molar-refractivity contribution in [3.05, 3.63) is 77.7 Å². The first kappa shape index (κ1) is 24.4. The number of esters is 1. The van der Waals surface area contributed by atoms with Gasteiger partial charge in [-0.2, -0.15) is 5.10 Å². The molecule has 0 aliphatic rings. The standard InChI is InChI=1S/C28H27N3O3S/c1-4-6-21(15-27(32)33-5-2)20-7-9-24(10-8-20)34-17-23-14-22(16-31-28(23)29-18-30-31)26-12-11-25(35)13-19(26)3/h7-14,16,18,21,35H,5,15,17H2,1-3H3. The van der Waals surface area contributed by atoms with Crippen LogP contribution in [0.2, 0.25) is 0 Å². The molecule has 0 amide bonds. The molecule has 1 unspecified atom stereocenters. The Hall–Kier alpha value is -3.76. The van der Waals surface area contributed by atoms with E-state index >= 15 is 0 Å². The predicted octanol–water partition coefficient (Wildman–Crippen LogP) is 5.63. The Morgan fingerprint density at radius 1 is 1.17 bits per heavy atom. The van der Waals surface area contributed by atoms with E-state index in [1.165, 1.54) is 0 Å². The molecular weight excluding hydrogens is 458 g/mol. The van der Waals surface area contributed by atoms with E-state index in [1.54, 1.807) is 24.7 Å². The van der Waals surface area contributed by atoms with E-state index in [-0.39, 0.29) is 18.3 Å². The molecule has 0 spiro atoms. The summed E-state index contributed by atoms with van der Waals surface area (Å²) in [6, 6.07) is 15.8. The predicted molar refractivity (Wildman–Crippen MR) is 139 cm³/mol. The Morgan fingerprint density at radius 2 is 1.97 bits per heavy atom. The number of nitrogens with zero attached hydrogens (tertiary/aromatic N) is 3. The highest BCUT2D eigenvalue weighted by atomic mass is 32.1. The quantitative estimate of drug-likeness (QED) is 0.199. The van der Waals surface area contributed by atoms with Crippen molar-refractivity contribution < 1.29 is 14.3 Å². The van der Waals surface area contributed by atoms with Crippen molar-refractivity contribution in [2.75, 3.05) is 6.61 Å². The van der Waals surface area contributed by atoms with Gasteiger partial charge in [0, 0.05) is 22.2 Å². The molecule has 2 aromatic heterocycles. The summed E-state index contributed by atoms with van der Waals surface area (Å²) in [6.45, 7) is 6.32. The maximum absolute atomic E-state index is 11.9. The monoisotopic (exact) mass is 485 g/mol. The van der Waals surface area contributed by atoms with Crippen molar-refractivity contribution in [2.24, 2.45) is 0 Å². The number of hydrogen-bond donors (Lipinski definition) is 1. The maximum atomic E-state index is 11.9. The molecule has 0 N–H and O–H groups in total. The van der Waals surface area contributed by atoms with Crippen LogP contribution in [0.5, 0.6) is 5.75 Å². The molecule has 35 heavy (non-hydrogen) atoms. The van der Waals surface area contributed by atoms with E-state index in [0.717, 1.165) is 38.4 Å². The largest absolute Gasteiger partial charge is 0.489 e. The van der Waals surface area contributed by atoms with Crippen molar-refractivity contribution in [3.63, 3.8) is 0 Å². The van der Waals surface area contributed by atoms with Gasteiger partial charge in [0.1, 0.15) is 18.7 Å². The molecule has 1 atom stereocenters. The Balaban J connectivity index is 1.54. The van der Waals surface area contributed by atoms with E-state index in [1.807, 2.05) is 42.6 Å². The molecule has 178 valence electrons. The Labute approximate surface area is 210 Å². The number of carbonyl (C=O) groups excluding carboxylic acids is 1. The third-order valence-electron chi connectivity index (χ3n) is 5.64. The highest BCUT2D eigenvalue weighted by Crippen LogP contribution is 2.28. The molecule has 2 heterocycles. The summed E-state index contributed by atoms with van der Waals surface area (Å²) >= 11 is 4.44. The molecule has 0 aliphatic heterocycles. The third-order valence-corrected chi connectivity index (χ3v) is 5.92. The van der Waals surface area contributed by atoms with Gasteiger partial charge in [0.05, 0.1) is 18.9 Å². The summed E-state index contributed by atoms with van der Waals surface area (Å²) in [5.74, 6) is 6.25. The Kier molecular flexibility index (Phi) is 7.74. The Bertz CT molecular complexity index is 1400. The van der Waals surface area contributed by atoms with Crippen molar-refractivity contribution in [3.8, 4) is 28.7 Å². The van der Waals surface area contributed by atoms with Gasteiger partial charge < -0.3 is 9.47 Å². The van der Waals surface area contributed by atoms with Crippen molar-refractivity contribution in [2.45, 2.75) is 44.6 Å². The zero-order chi connectivity index (χ0) is 24.8. The number of fused-ring (bicyclic) bond motifs is 1. The highest BCUT2D eigenvalue weighted by molar-refractivity contribution is 7.80. The van der Waals surface area contributed by atoms with Crippen molar-refractivity contribution in [1.29, 1.82) is 0 Å². The van der Waals surface area contributed by atoms with Crippen LogP contribution in [0.3, 0.4) is 0 Å². The van der Waals surface area contributed by atoms with Crippen LogP contribution in [0.1, 0.15) is 42.9 Å². The minimum atomic E-state index is -0.253. The fraction of sp³-hybridized carbons (Fsp3) is 0.250. The highest BCUT2D eigenvalue weighted by Gasteiger charge is 2.15. The first-order valence-electron chi connectivity index (χ1n) is 11.4. The molecule has 0 bridgehead atoms. The average Bonchev–Trinajstić information content (AvgIpc) is 3.32. The van der Waals surface area contributed by atoms with Gasteiger partial charge in [-0.25, -0.2) is 9.50 Å². The number of carbonyl (C=O) groups is 1. The van der Waals surface area contributed by atoms with Gasteiger partial charge in [-0.1, -0.05) is 24.1 Å². The summed E-state index contributed by atoms with van der Waals surface area (Å²) in [6.07, 6.45) is 3.74. The fourth-order valence-electron chi connectivity index (χ4n) is 3.99. The zero-order valence-electron chi connectivity index (χ0n) is 20.0. The van der Waals surface area contributed by atoms with Gasteiger partial charge in [-0.3, -0.25) is 4.79 Å². The van der Waals surface area contributed by atoms with Crippen LogP contribution in [0, 0.1) is 18.8 Å². The molecule has 0 saturated carbocycles. The molecule has 0 saturated heterocycles. The normalized spacial score (nSPS) is 11.5. The summed E-state index contributed by atoms with van der Waals surface area (Å²) in [5.41, 5.74) is 5.90. The van der Waals surface area contributed by atoms with Gasteiger partial charge in [0.2, 0.25) is 0 Å². The molecular formula is C28H27N3O3S. The number of ether oxygens (including phenoxy) is 2. The second kappa shape index (κ2) is 11.1. The van der Waals surface area contributed by atoms with Gasteiger partial charge in [-0.15, -0.1) is 18.5 Å². The number of hydrogen-bond acceptors (Lipinski definition) is 6. The molecule has 4 aromatic rings. The van der Waals surface area contributed by atoms with Crippen LogP contribution in [0.15, 0.2) is 66.0 Å². The lowest BCUT2D eigenvalue weighted by molar-refractivity contribution is -0.143. The minimum absolute atomic E-state index is 0.215. The molecule has 0 radical (unpaired) electrons. The smallest absolute Gasteiger partial charge is 0.307 e. The van der Waals surface area contributed by atoms with Gasteiger partial charge in [0.25, 0.3) is 0 Å². The maximum Gasteiger partial charge on any atom is 0.307 e. The fourth-order valence-corrected chi connectivity index (χ4v) is 4.26. The van der Waals surface area contributed by atoms with Crippen LogP contribution in [0.25, 0.3) is 16.8 Å². The first-order chi connectivity index (χ1) is 17.0. The average molecular weight is 486 g/mol. The van der Waals surface area contributed by atoms with Crippen LogP contribution in [-0.4, -0.2) is 27.2 Å². The van der Waals surface area contributed by atoms with Crippen LogP contribution in [-0.2, 0) is 16.1 Å². The SMILES string of the molecule is CC#CC(CC(=O)OCC)c1ccc(OCc2cc(-c3ccc(S)cc3C)cn3ncnc23)cc1. The zero-order valence-corrected chi connectivity index (χ0v) is 20.9. The van der Waals surface area contributed by atoms with Crippen LogP contribution >= 0.6 is 12.6 Å². The number of rotatable bonds is 8. The minimum Gasteiger partial charge on any atom is -0.489 e. The van der Waals surface area contributed by atoms with E-state index in [9.17, 15) is 4.79 Å². The molecule has 0 fully saturated rings. The number of benzene rings is 2. The van der Waals surface area contributed by atoms with Gasteiger partial charge in [0.15, 0.2) is 5.65 Å². The lowest BCUT2D eigenvalue weighted by Crippen LogP contribution is -2.09. The van der Waals surface area contributed by atoms with Crippen LogP contribution < -0.4 is 4.74 Å². The van der Waals surface area contributed by atoms with Gasteiger partial charge in [-0.05, 0) is 67.8 Å². The topological polar surface area (TPSA) is 65.7 Å². The summed E-state index contributed by atoms with van der Waals surface area (Å²) in [7, 11) is 0. The second-order valence-electron chi connectivity index (χ2n) is 8.10. The molecule has 7 heteroatoms. The lowest BCUT2D eigenvalue weighted by atomic mass is 9.96. The number of aryl methyl sites for hydroxylation is 1. The summed E-state index contributed by atoms with van der Waals surface area (Å²) in [5, 5.41) is 4.34. The second-order valence-corrected chi connectivity index (χ2v) is 8.61. The van der Waals surface area contributed by atoms with Crippen molar-refractivity contribution >= 4 is 24.2 Å². The number of pyridine rings is 1. The van der Waals surface area contributed by atoms with E-state index in [4.69, 9.17) is 9.47 Å². The van der Waals surface area contributed by atoms with E-state index in [0.29, 0.717) is 19.0 Å². The lowest BCUT2D eigenvalue weighted by Gasteiger charge is -2.13. The third kappa shape index (κ3) is 5.84.